The Hall–Kier alpha value is -1.45. The fourth-order valence-corrected chi connectivity index (χ4v) is 0.906. The number of carbonyl (C=O) groups excluding carboxylic acids is 1. The molecule has 0 aliphatic heterocycles. The van der Waals surface area contributed by atoms with Gasteiger partial charge in [-0.3, -0.25) is 4.79 Å². The van der Waals surface area contributed by atoms with Crippen LogP contribution < -0.4 is 5.32 Å². The summed E-state index contributed by atoms with van der Waals surface area (Å²) in [6, 6.07) is 1.65. The van der Waals surface area contributed by atoms with Crippen molar-refractivity contribution in [3.05, 3.63) is 24.0 Å². The minimum Gasteiger partial charge on any atom is -0.352 e. The first-order valence-corrected chi connectivity index (χ1v) is 4.39. The van der Waals surface area contributed by atoms with Gasteiger partial charge in [0.2, 0.25) is 0 Å². The first-order valence-electron chi connectivity index (χ1n) is 4.39. The molecule has 0 saturated heterocycles. The van der Waals surface area contributed by atoms with Crippen molar-refractivity contribution in [2.45, 2.75) is 19.8 Å². The minimum absolute atomic E-state index is 0.0802. The van der Waals surface area contributed by atoms with Gasteiger partial charge in [-0.1, -0.05) is 13.3 Å². The second kappa shape index (κ2) is 5.24. The normalized spacial score (nSPS) is 9.62. The van der Waals surface area contributed by atoms with E-state index in [0.717, 1.165) is 19.4 Å². The maximum Gasteiger partial charge on any atom is 0.252 e. The van der Waals surface area contributed by atoms with Gasteiger partial charge in [-0.05, 0) is 12.5 Å². The van der Waals surface area contributed by atoms with E-state index in [2.05, 4.69) is 22.4 Å². The maximum atomic E-state index is 11.3. The highest BCUT2D eigenvalue weighted by atomic mass is 16.1. The molecule has 0 unspecified atom stereocenters. The Balaban J connectivity index is 2.40. The molecule has 1 heterocycles. The van der Waals surface area contributed by atoms with Crippen LogP contribution in [0.25, 0.3) is 0 Å². The monoisotopic (exact) mass is 179 g/mol. The molecule has 4 heteroatoms. The van der Waals surface area contributed by atoms with Crippen LogP contribution in [0.4, 0.5) is 0 Å². The maximum absolute atomic E-state index is 11.3. The molecule has 0 saturated carbocycles. The van der Waals surface area contributed by atoms with Gasteiger partial charge >= 0.3 is 0 Å². The molecular formula is C9H13N3O. The van der Waals surface area contributed by atoms with E-state index in [9.17, 15) is 4.79 Å². The molecule has 70 valence electrons. The van der Waals surface area contributed by atoms with E-state index >= 15 is 0 Å². The van der Waals surface area contributed by atoms with E-state index < -0.39 is 0 Å². The van der Waals surface area contributed by atoms with E-state index in [1.165, 1.54) is 12.4 Å². The Morgan fingerprint density at radius 3 is 3.00 bits per heavy atom. The van der Waals surface area contributed by atoms with Crippen molar-refractivity contribution in [2.75, 3.05) is 6.54 Å². The smallest absolute Gasteiger partial charge is 0.252 e. The van der Waals surface area contributed by atoms with E-state index in [1.54, 1.807) is 6.07 Å². The summed E-state index contributed by atoms with van der Waals surface area (Å²) in [4.78, 5) is 11.3. The van der Waals surface area contributed by atoms with Crippen molar-refractivity contribution in [2.24, 2.45) is 0 Å². The van der Waals surface area contributed by atoms with Gasteiger partial charge in [-0.2, -0.15) is 10.2 Å². The Kier molecular flexibility index (Phi) is 3.88. The largest absolute Gasteiger partial charge is 0.352 e. The average Bonchev–Trinajstić information content (AvgIpc) is 2.19. The number of amides is 1. The number of aromatic nitrogens is 2. The van der Waals surface area contributed by atoms with Crippen molar-refractivity contribution >= 4 is 5.91 Å². The predicted molar refractivity (Wildman–Crippen MR) is 49.3 cm³/mol. The number of nitrogens with one attached hydrogen (secondary N) is 1. The van der Waals surface area contributed by atoms with Gasteiger partial charge in [0.15, 0.2) is 0 Å². The van der Waals surface area contributed by atoms with Gasteiger partial charge in [0.05, 0.1) is 18.0 Å². The zero-order valence-corrected chi connectivity index (χ0v) is 7.66. The molecule has 1 N–H and O–H groups in total. The van der Waals surface area contributed by atoms with Crippen LogP contribution in [0.5, 0.6) is 0 Å². The summed E-state index contributed by atoms with van der Waals surface area (Å²) >= 11 is 0. The first kappa shape index (κ1) is 9.64. The Labute approximate surface area is 77.4 Å². The van der Waals surface area contributed by atoms with Crippen LogP contribution in [0.15, 0.2) is 18.5 Å². The summed E-state index contributed by atoms with van der Waals surface area (Å²) in [6.45, 7) is 2.80. The number of hydrogen-bond acceptors (Lipinski definition) is 3. The van der Waals surface area contributed by atoms with E-state index in [4.69, 9.17) is 0 Å². The van der Waals surface area contributed by atoms with Gasteiger partial charge < -0.3 is 5.32 Å². The van der Waals surface area contributed by atoms with Crippen LogP contribution >= 0.6 is 0 Å². The minimum atomic E-state index is -0.0802. The van der Waals surface area contributed by atoms with Gasteiger partial charge in [0, 0.05) is 6.54 Å². The quantitative estimate of drug-likeness (QED) is 0.702. The third-order valence-electron chi connectivity index (χ3n) is 1.66. The van der Waals surface area contributed by atoms with Crippen molar-refractivity contribution in [1.82, 2.24) is 15.5 Å². The molecule has 1 aromatic rings. The molecule has 0 spiro atoms. The number of rotatable bonds is 4. The van der Waals surface area contributed by atoms with Gasteiger partial charge in [-0.25, -0.2) is 0 Å². The van der Waals surface area contributed by atoms with Crippen molar-refractivity contribution < 1.29 is 4.79 Å². The molecule has 13 heavy (non-hydrogen) atoms. The second-order valence-corrected chi connectivity index (χ2v) is 2.74. The number of unbranched alkanes of at least 4 members (excludes halogenated alkanes) is 1. The average molecular weight is 179 g/mol. The first-order chi connectivity index (χ1) is 6.34. The molecule has 0 fully saturated rings. The van der Waals surface area contributed by atoms with E-state index in [-0.39, 0.29) is 5.91 Å². The van der Waals surface area contributed by atoms with Crippen LogP contribution in [0, 0.1) is 0 Å². The van der Waals surface area contributed by atoms with E-state index in [0.29, 0.717) is 5.56 Å². The van der Waals surface area contributed by atoms with Crippen LogP contribution in [0.3, 0.4) is 0 Å². The van der Waals surface area contributed by atoms with E-state index in [1.807, 2.05) is 0 Å². The fourth-order valence-electron chi connectivity index (χ4n) is 0.906. The summed E-state index contributed by atoms with van der Waals surface area (Å²) in [5.74, 6) is -0.0802. The predicted octanol–water partition coefficient (Wildman–Crippen LogP) is 1.01. The third kappa shape index (κ3) is 3.19. The molecule has 1 aromatic heterocycles. The Morgan fingerprint density at radius 2 is 2.38 bits per heavy atom. The molecule has 0 aromatic carbocycles. The Morgan fingerprint density at radius 1 is 1.54 bits per heavy atom. The van der Waals surface area contributed by atoms with Crippen LogP contribution in [-0.2, 0) is 0 Å². The lowest BCUT2D eigenvalue weighted by atomic mass is 10.3. The topological polar surface area (TPSA) is 54.9 Å². The number of hydrogen-bond donors (Lipinski definition) is 1. The zero-order valence-electron chi connectivity index (χ0n) is 7.66. The fraction of sp³-hybridized carbons (Fsp3) is 0.444. The standard InChI is InChI=1S/C9H13N3O/c1-2-3-5-10-9(13)8-4-6-11-12-7-8/h4,6-7H,2-3,5H2,1H3,(H,10,13). The highest BCUT2D eigenvalue weighted by Crippen LogP contribution is 1.93. The summed E-state index contributed by atoms with van der Waals surface area (Å²) in [7, 11) is 0. The number of carbonyl (C=O) groups is 1. The summed E-state index contributed by atoms with van der Waals surface area (Å²) in [5, 5.41) is 10.0. The molecule has 0 aliphatic rings. The van der Waals surface area contributed by atoms with Crippen molar-refractivity contribution in [1.29, 1.82) is 0 Å². The van der Waals surface area contributed by atoms with Crippen LogP contribution in [-0.4, -0.2) is 22.6 Å². The third-order valence-corrected chi connectivity index (χ3v) is 1.66. The molecule has 0 aliphatic carbocycles. The second-order valence-electron chi connectivity index (χ2n) is 2.74. The van der Waals surface area contributed by atoms with Crippen LogP contribution in [0.2, 0.25) is 0 Å². The molecule has 1 rings (SSSR count). The van der Waals surface area contributed by atoms with Crippen LogP contribution in [0.1, 0.15) is 30.1 Å². The molecular weight excluding hydrogens is 166 g/mol. The van der Waals surface area contributed by atoms with Crippen molar-refractivity contribution in [3.63, 3.8) is 0 Å². The van der Waals surface area contributed by atoms with Gasteiger partial charge in [-0.15, -0.1) is 0 Å². The lowest BCUT2D eigenvalue weighted by Gasteiger charge is -2.02. The summed E-state index contributed by atoms with van der Waals surface area (Å²) in [5.41, 5.74) is 0.561. The van der Waals surface area contributed by atoms with Gasteiger partial charge in [0.25, 0.3) is 5.91 Å². The SMILES string of the molecule is CCCCNC(=O)c1ccnnc1. The highest BCUT2D eigenvalue weighted by Gasteiger charge is 2.02. The summed E-state index contributed by atoms with van der Waals surface area (Å²) < 4.78 is 0. The number of nitrogens with zero attached hydrogens (tertiary/aromatic N) is 2. The van der Waals surface area contributed by atoms with Crippen molar-refractivity contribution in [3.8, 4) is 0 Å². The highest BCUT2D eigenvalue weighted by molar-refractivity contribution is 5.93. The molecule has 0 atom stereocenters. The Bertz CT molecular complexity index is 261. The molecule has 4 nitrogen and oxygen atoms in total. The lowest BCUT2D eigenvalue weighted by Crippen LogP contribution is -2.24. The molecule has 1 amide bonds. The molecule has 0 bridgehead atoms. The lowest BCUT2D eigenvalue weighted by molar-refractivity contribution is 0.0952. The zero-order chi connectivity index (χ0) is 9.52. The van der Waals surface area contributed by atoms with Gasteiger partial charge in [0.1, 0.15) is 0 Å². The summed E-state index contributed by atoms with van der Waals surface area (Å²) in [6.07, 6.45) is 5.05. The molecule has 0 radical (unpaired) electrons.